The Morgan fingerprint density at radius 3 is 2.59 bits per heavy atom. The van der Waals surface area contributed by atoms with Gasteiger partial charge in [-0.05, 0) is 30.0 Å². The largest absolute Gasteiger partial charge is 0.511 e. The Labute approximate surface area is 196 Å². The molecule has 34 heavy (non-hydrogen) atoms. The third-order valence-corrected chi connectivity index (χ3v) is 7.48. The molecular formula is C23H25F3N4O3S. The third kappa shape index (κ3) is 5.05. The molecule has 0 fully saturated rings. The molecule has 11 heteroatoms. The molecule has 0 unspecified atom stereocenters. The van der Waals surface area contributed by atoms with Crippen LogP contribution < -0.4 is 9.64 Å². The Hall–Kier alpha value is -3.05. The number of benzene rings is 2. The fraction of sp³-hybridized carbons (Fsp3) is 0.348. The molecule has 2 heterocycles. The van der Waals surface area contributed by atoms with Crippen molar-refractivity contribution in [2.24, 2.45) is 0 Å². The number of sulfonamides is 1. The van der Waals surface area contributed by atoms with Crippen LogP contribution in [-0.4, -0.2) is 47.9 Å². The summed E-state index contributed by atoms with van der Waals surface area (Å²) in [6, 6.07) is 14.0. The predicted octanol–water partition coefficient (Wildman–Crippen LogP) is 4.09. The second-order valence-corrected chi connectivity index (χ2v) is 10.1. The van der Waals surface area contributed by atoms with E-state index in [9.17, 15) is 21.6 Å². The highest BCUT2D eigenvalue weighted by Crippen LogP contribution is 2.37. The first-order chi connectivity index (χ1) is 16.2. The van der Waals surface area contributed by atoms with Gasteiger partial charge in [-0.25, -0.2) is 13.4 Å². The maximum Gasteiger partial charge on any atom is 0.511 e. The van der Waals surface area contributed by atoms with E-state index in [1.54, 1.807) is 24.4 Å². The number of fused-ring (bicyclic) bond motifs is 1. The molecule has 1 aromatic heterocycles. The second kappa shape index (κ2) is 9.67. The average molecular weight is 495 g/mol. The van der Waals surface area contributed by atoms with Gasteiger partial charge in [-0.3, -0.25) is 0 Å². The number of halogens is 3. The van der Waals surface area contributed by atoms with Crippen molar-refractivity contribution in [1.82, 2.24) is 14.3 Å². The Kier molecular flexibility index (Phi) is 6.85. The molecule has 4 rings (SSSR count). The summed E-state index contributed by atoms with van der Waals surface area (Å²) in [6.45, 7) is -0.373. The van der Waals surface area contributed by atoms with Gasteiger partial charge in [0.2, 0.25) is 0 Å². The van der Waals surface area contributed by atoms with Crippen LogP contribution in [0.15, 0.2) is 61.1 Å². The predicted molar refractivity (Wildman–Crippen MR) is 122 cm³/mol. The number of ether oxygens (including phenoxy) is 1. The molecule has 0 saturated carbocycles. The highest BCUT2D eigenvalue weighted by molar-refractivity contribution is 7.89. The maximum absolute atomic E-state index is 13.5. The van der Waals surface area contributed by atoms with Crippen LogP contribution >= 0.6 is 0 Å². The van der Waals surface area contributed by atoms with E-state index in [4.69, 9.17) is 4.74 Å². The van der Waals surface area contributed by atoms with Crippen molar-refractivity contribution in [3.05, 3.63) is 77.9 Å². The number of anilines is 1. The minimum atomic E-state index is -5.53. The highest BCUT2D eigenvalue weighted by atomic mass is 32.2. The van der Waals surface area contributed by atoms with Crippen LogP contribution in [0.3, 0.4) is 0 Å². The minimum Gasteiger partial charge on any atom is -0.497 e. The number of nitrogens with one attached hydrogen (secondary N) is 1. The quantitative estimate of drug-likeness (QED) is 0.535. The number of aromatic amines is 1. The molecule has 0 spiro atoms. The summed E-state index contributed by atoms with van der Waals surface area (Å²) in [5, 5.41) is 0. The number of alkyl halides is 3. The molecule has 0 radical (unpaired) electrons. The first-order valence-corrected chi connectivity index (χ1v) is 12.1. The van der Waals surface area contributed by atoms with Gasteiger partial charge in [0, 0.05) is 37.1 Å². The summed E-state index contributed by atoms with van der Waals surface area (Å²) < 4.78 is 71.5. The summed E-state index contributed by atoms with van der Waals surface area (Å²) in [6.07, 6.45) is 4.19. The Bertz CT molecular complexity index is 1200. The number of hydrogen-bond acceptors (Lipinski definition) is 5. The summed E-state index contributed by atoms with van der Waals surface area (Å²) in [5.41, 5.74) is -2.51. The number of rotatable bonds is 7. The lowest BCUT2D eigenvalue weighted by atomic mass is 10.0. The van der Waals surface area contributed by atoms with E-state index in [1.165, 1.54) is 13.4 Å². The van der Waals surface area contributed by atoms with Crippen LogP contribution in [0.25, 0.3) is 0 Å². The van der Waals surface area contributed by atoms with Gasteiger partial charge >= 0.3 is 15.5 Å². The van der Waals surface area contributed by atoms with Crippen LogP contribution in [0.1, 0.15) is 23.2 Å². The van der Waals surface area contributed by atoms with E-state index in [0.717, 1.165) is 11.3 Å². The zero-order valence-corrected chi connectivity index (χ0v) is 19.3. The van der Waals surface area contributed by atoms with E-state index >= 15 is 0 Å². The molecule has 1 atom stereocenters. The zero-order valence-electron chi connectivity index (χ0n) is 18.5. The lowest BCUT2D eigenvalue weighted by Crippen LogP contribution is -2.47. The maximum atomic E-state index is 13.5. The van der Waals surface area contributed by atoms with Gasteiger partial charge in [0.25, 0.3) is 0 Å². The SMILES string of the molecule is COc1ccc2c(c1)N(Cc1cnc[nH]1)[C@H](CCc1ccccc1)CN(S(=O)(=O)C(F)(F)F)C2. The molecule has 1 aliphatic heterocycles. The Morgan fingerprint density at radius 2 is 1.94 bits per heavy atom. The van der Waals surface area contributed by atoms with Crippen molar-refractivity contribution < 1.29 is 26.3 Å². The molecule has 182 valence electrons. The van der Waals surface area contributed by atoms with Crippen molar-refractivity contribution in [2.45, 2.75) is 37.5 Å². The molecule has 0 aliphatic carbocycles. The lowest BCUT2D eigenvalue weighted by molar-refractivity contribution is -0.0492. The van der Waals surface area contributed by atoms with E-state index in [-0.39, 0.29) is 13.1 Å². The summed E-state index contributed by atoms with van der Waals surface area (Å²) in [4.78, 5) is 9.02. The first kappa shape index (κ1) is 24.1. The van der Waals surface area contributed by atoms with E-state index in [0.29, 0.717) is 40.7 Å². The second-order valence-electron chi connectivity index (χ2n) is 8.12. The van der Waals surface area contributed by atoms with Gasteiger partial charge in [0.15, 0.2) is 0 Å². The van der Waals surface area contributed by atoms with Crippen molar-refractivity contribution in [3.63, 3.8) is 0 Å². The van der Waals surface area contributed by atoms with Gasteiger partial charge in [-0.1, -0.05) is 36.4 Å². The van der Waals surface area contributed by atoms with Crippen molar-refractivity contribution in [1.29, 1.82) is 0 Å². The number of aryl methyl sites for hydroxylation is 1. The minimum absolute atomic E-state index is 0.306. The standard InChI is InChI=1S/C23H25F3N4O3S/c1-33-21-10-8-18-13-29(34(31,32)23(24,25)26)15-20(9-7-17-5-3-2-4-6-17)30(22(18)11-21)14-19-12-27-16-28-19/h2-6,8,10-12,16,20H,7,9,13-15H2,1H3,(H,27,28)/t20-/m1/s1. The molecule has 0 saturated heterocycles. The van der Waals surface area contributed by atoms with E-state index in [1.807, 2.05) is 35.2 Å². The van der Waals surface area contributed by atoms with Crippen molar-refractivity contribution in [3.8, 4) is 5.75 Å². The number of hydrogen-bond donors (Lipinski definition) is 1. The Morgan fingerprint density at radius 1 is 1.18 bits per heavy atom. The van der Waals surface area contributed by atoms with Crippen LogP contribution in [0.4, 0.5) is 18.9 Å². The summed E-state index contributed by atoms with van der Waals surface area (Å²) in [5.74, 6) is 0.530. The highest BCUT2D eigenvalue weighted by Gasteiger charge is 2.51. The Balaban J connectivity index is 1.78. The van der Waals surface area contributed by atoms with Crippen LogP contribution in [0.5, 0.6) is 5.75 Å². The van der Waals surface area contributed by atoms with Crippen LogP contribution in [-0.2, 0) is 29.5 Å². The normalized spacial score (nSPS) is 17.3. The van der Waals surface area contributed by atoms with Crippen LogP contribution in [0, 0.1) is 0 Å². The van der Waals surface area contributed by atoms with E-state index < -0.39 is 21.6 Å². The van der Waals surface area contributed by atoms with E-state index in [2.05, 4.69) is 9.97 Å². The van der Waals surface area contributed by atoms with Crippen molar-refractivity contribution in [2.75, 3.05) is 18.6 Å². The molecule has 0 amide bonds. The smallest absolute Gasteiger partial charge is 0.497 e. The fourth-order valence-electron chi connectivity index (χ4n) is 4.18. The molecule has 2 aromatic carbocycles. The number of aromatic nitrogens is 2. The van der Waals surface area contributed by atoms with Gasteiger partial charge < -0.3 is 14.6 Å². The zero-order chi connectivity index (χ0) is 24.3. The number of nitrogens with zero attached hydrogens (tertiary/aromatic N) is 3. The number of H-pyrrole nitrogens is 1. The molecule has 7 nitrogen and oxygen atoms in total. The van der Waals surface area contributed by atoms with Gasteiger partial charge in [0.1, 0.15) is 5.75 Å². The number of imidazole rings is 1. The van der Waals surface area contributed by atoms with Gasteiger partial charge in [-0.2, -0.15) is 17.5 Å². The molecule has 1 aliphatic rings. The van der Waals surface area contributed by atoms with Crippen molar-refractivity contribution >= 4 is 15.7 Å². The van der Waals surface area contributed by atoms with Gasteiger partial charge in [-0.15, -0.1) is 0 Å². The first-order valence-electron chi connectivity index (χ1n) is 10.7. The van der Waals surface area contributed by atoms with Gasteiger partial charge in [0.05, 0.1) is 25.7 Å². The topological polar surface area (TPSA) is 78.5 Å². The lowest BCUT2D eigenvalue weighted by Gasteiger charge is -2.34. The number of methoxy groups -OCH3 is 1. The molecule has 3 aromatic rings. The summed E-state index contributed by atoms with van der Waals surface area (Å²) >= 11 is 0. The fourth-order valence-corrected chi connectivity index (χ4v) is 5.15. The summed E-state index contributed by atoms with van der Waals surface area (Å²) in [7, 11) is -4.02. The van der Waals surface area contributed by atoms with Crippen LogP contribution in [0.2, 0.25) is 0 Å². The molecular weight excluding hydrogens is 469 g/mol. The molecule has 1 N–H and O–H groups in total. The monoisotopic (exact) mass is 494 g/mol. The molecule has 0 bridgehead atoms. The third-order valence-electron chi connectivity index (χ3n) is 5.94. The average Bonchev–Trinajstić information content (AvgIpc) is 3.27.